The number of piperidine rings is 1. The summed E-state index contributed by atoms with van der Waals surface area (Å²) < 4.78 is 0. The summed E-state index contributed by atoms with van der Waals surface area (Å²) in [7, 11) is 0. The number of carbonyl (C=O) groups is 2. The normalized spacial score (nSPS) is 19.0. The number of pyridine rings is 1. The molecule has 0 atom stereocenters. The van der Waals surface area contributed by atoms with Crippen LogP contribution in [0.4, 0.5) is 10.5 Å². The van der Waals surface area contributed by atoms with Crippen LogP contribution in [0, 0.1) is 5.92 Å². The lowest BCUT2D eigenvalue weighted by molar-refractivity contribution is -0.130. The summed E-state index contributed by atoms with van der Waals surface area (Å²) in [6.45, 7) is 7.04. The second-order valence-electron chi connectivity index (χ2n) is 6.82. The second kappa shape index (κ2) is 8.18. The van der Waals surface area contributed by atoms with Crippen molar-refractivity contribution in [3.63, 3.8) is 0 Å². The Morgan fingerprint density at radius 3 is 2.44 bits per heavy atom. The van der Waals surface area contributed by atoms with Crippen molar-refractivity contribution in [2.45, 2.75) is 19.8 Å². The van der Waals surface area contributed by atoms with E-state index in [0.29, 0.717) is 12.5 Å². The molecule has 1 aromatic rings. The molecule has 7 heteroatoms. The number of hydrogen-bond donors (Lipinski definition) is 1. The number of aromatic nitrogens is 1. The van der Waals surface area contributed by atoms with Gasteiger partial charge in [0.05, 0.1) is 11.9 Å². The van der Waals surface area contributed by atoms with Crippen molar-refractivity contribution in [3.05, 3.63) is 24.5 Å². The van der Waals surface area contributed by atoms with E-state index in [0.717, 1.165) is 57.8 Å². The first-order chi connectivity index (χ1) is 12.1. The molecule has 2 aliphatic rings. The zero-order valence-electron chi connectivity index (χ0n) is 14.9. The zero-order chi connectivity index (χ0) is 17.6. The molecule has 136 valence electrons. The van der Waals surface area contributed by atoms with Crippen molar-refractivity contribution in [1.29, 1.82) is 0 Å². The van der Waals surface area contributed by atoms with Crippen LogP contribution < -0.4 is 10.2 Å². The van der Waals surface area contributed by atoms with E-state index in [-0.39, 0.29) is 11.9 Å². The lowest BCUT2D eigenvalue weighted by Gasteiger charge is -2.36. The average molecular weight is 345 g/mol. The highest BCUT2D eigenvalue weighted by Gasteiger charge is 2.24. The van der Waals surface area contributed by atoms with Gasteiger partial charge in [-0.05, 0) is 30.9 Å². The summed E-state index contributed by atoms with van der Waals surface area (Å²) in [5.41, 5.74) is 1.11. The van der Waals surface area contributed by atoms with Crippen LogP contribution in [0.5, 0.6) is 0 Å². The van der Waals surface area contributed by atoms with Crippen molar-refractivity contribution >= 4 is 17.6 Å². The fraction of sp³-hybridized carbons (Fsp3) is 0.611. The number of rotatable bonds is 3. The van der Waals surface area contributed by atoms with E-state index in [9.17, 15) is 9.59 Å². The highest BCUT2D eigenvalue weighted by atomic mass is 16.2. The molecule has 2 fully saturated rings. The summed E-state index contributed by atoms with van der Waals surface area (Å²) in [6, 6.07) is 4.02. The second-order valence-corrected chi connectivity index (χ2v) is 6.82. The van der Waals surface area contributed by atoms with Gasteiger partial charge in [0, 0.05) is 58.9 Å². The standard InChI is InChI=1S/C18H27N5O2/c1-15(24)21-7-4-16(5-8-21)13-20-18(25)23-11-9-22(10-12-23)17-3-2-6-19-14-17/h2-3,6,14,16H,4-5,7-13H2,1H3,(H,20,25). The topological polar surface area (TPSA) is 68.8 Å². The summed E-state index contributed by atoms with van der Waals surface area (Å²) in [6.07, 6.45) is 5.57. The Hall–Kier alpha value is -2.31. The summed E-state index contributed by atoms with van der Waals surface area (Å²) in [4.78, 5) is 33.9. The van der Waals surface area contributed by atoms with Crippen LogP contribution in [0.3, 0.4) is 0 Å². The van der Waals surface area contributed by atoms with Crippen molar-refractivity contribution in [2.75, 3.05) is 50.7 Å². The van der Waals surface area contributed by atoms with Crippen LogP contribution in [0.15, 0.2) is 24.5 Å². The fourth-order valence-electron chi connectivity index (χ4n) is 3.50. The minimum Gasteiger partial charge on any atom is -0.367 e. The Labute approximate surface area is 149 Å². The highest BCUT2D eigenvalue weighted by Crippen LogP contribution is 2.17. The van der Waals surface area contributed by atoms with Crippen LogP contribution in [-0.2, 0) is 4.79 Å². The van der Waals surface area contributed by atoms with Gasteiger partial charge in [0.25, 0.3) is 0 Å². The molecule has 1 N–H and O–H groups in total. The van der Waals surface area contributed by atoms with Gasteiger partial charge in [-0.25, -0.2) is 4.79 Å². The Kier molecular flexibility index (Phi) is 5.73. The van der Waals surface area contributed by atoms with Crippen LogP contribution in [-0.4, -0.2) is 72.5 Å². The number of nitrogens with one attached hydrogen (secondary N) is 1. The van der Waals surface area contributed by atoms with Crippen molar-refractivity contribution < 1.29 is 9.59 Å². The molecule has 3 heterocycles. The van der Waals surface area contributed by atoms with Crippen molar-refractivity contribution in [1.82, 2.24) is 20.1 Å². The SMILES string of the molecule is CC(=O)N1CCC(CNC(=O)N2CCN(c3cccnc3)CC2)CC1. The van der Waals surface area contributed by atoms with Gasteiger partial charge in [-0.15, -0.1) is 0 Å². The van der Waals surface area contributed by atoms with E-state index in [2.05, 4.69) is 21.3 Å². The predicted octanol–water partition coefficient (Wildman–Crippen LogP) is 1.17. The van der Waals surface area contributed by atoms with Crippen LogP contribution >= 0.6 is 0 Å². The predicted molar refractivity (Wildman–Crippen MR) is 96.4 cm³/mol. The largest absolute Gasteiger partial charge is 0.367 e. The molecule has 0 radical (unpaired) electrons. The maximum atomic E-state index is 12.4. The molecule has 7 nitrogen and oxygen atoms in total. The third kappa shape index (κ3) is 4.61. The van der Waals surface area contributed by atoms with Crippen molar-refractivity contribution in [3.8, 4) is 0 Å². The van der Waals surface area contributed by atoms with Gasteiger partial charge < -0.3 is 20.0 Å². The molecule has 1 aromatic heterocycles. The highest BCUT2D eigenvalue weighted by molar-refractivity contribution is 5.74. The van der Waals surface area contributed by atoms with Gasteiger partial charge in [-0.1, -0.05) is 0 Å². The number of likely N-dealkylation sites (tertiary alicyclic amines) is 1. The first-order valence-electron chi connectivity index (χ1n) is 9.07. The number of carbonyl (C=O) groups excluding carboxylic acids is 2. The molecule has 0 aromatic carbocycles. The molecule has 3 rings (SSSR count). The van der Waals surface area contributed by atoms with Gasteiger partial charge in [0.2, 0.25) is 5.91 Å². The van der Waals surface area contributed by atoms with Crippen LogP contribution in [0.25, 0.3) is 0 Å². The van der Waals surface area contributed by atoms with Gasteiger partial charge in [-0.3, -0.25) is 9.78 Å². The van der Waals surface area contributed by atoms with E-state index in [1.807, 2.05) is 22.1 Å². The molecule has 0 bridgehead atoms. The number of amides is 3. The van der Waals surface area contributed by atoms with E-state index in [4.69, 9.17) is 0 Å². The van der Waals surface area contributed by atoms with Gasteiger partial charge >= 0.3 is 6.03 Å². The molecular weight excluding hydrogens is 318 g/mol. The lowest BCUT2D eigenvalue weighted by Crippen LogP contribution is -2.52. The maximum absolute atomic E-state index is 12.4. The maximum Gasteiger partial charge on any atom is 0.317 e. The molecule has 0 aliphatic carbocycles. The molecule has 0 saturated carbocycles. The third-order valence-corrected chi connectivity index (χ3v) is 5.18. The lowest BCUT2D eigenvalue weighted by atomic mass is 9.97. The Balaban J connectivity index is 1.38. The number of urea groups is 1. The third-order valence-electron chi connectivity index (χ3n) is 5.18. The Morgan fingerprint density at radius 1 is 1.12 bits per heavy atom. The van der Waals surface area contributed by atoms with Crippen LogP contribution in [0.1, 0.15) is 19.8 Å². The monoisotopic (exact) mass is 345 g/mol. The minimum absolute atomic E-state index is 0.0276. The molecule has 3 amide bonds. The van der Waals surface area contributed by atoms with Gasteiger partial charge in [0.15, 0.2) is 0 Å². The number of nitrogens with zero attached hydrogens (tertiary/aromatic N) is 4. The quantitative estimate of drug-likeness (QED) is 0.893. The van der Waals surface area contributed by atoms with E-state index in [1.54, 1.807) is 13.1 Å². The molecule has 2 aliphatic heterocycles. The van der Waals surface area contributed by atoms with Gasteiger partial charge in [0.1, 0.15) is 0 Å². The molecule has 0 unspecified atom stereocenters. The van der Waals surface area contributed by atoms with Crippen LogP contribution in [0.2, 0.25) is 0 Å². The van der Waals surface area contributed by atoms with E-state index in [1.165, 1.54) is 0 Å². The first-order valence-corrected chi connectivity index (χ1v) is 9.07. The molecule has 0 spiro atoms. The summed E-state index contributed by atoms with van der Waals surface area (Å²) >= 11 is 0. The van der Waals surface area contributed by atoms with Gasteiger partial charge in [-0.2, -0.15) is 0 Å². The molecular formula is C18H27N5O2. The Bertz CT molecular complexity index is 578. The van der Waals surface area contributed by atoms with E-state index < -0.39 is 0 Å². The minimum atomic E-state index is 0.0276. The smallest absolute Gasteiger partial charge is 0.317 e. The summed E-state index contributed by atoms with van der Waals surface area (Å²) in [5.74, 6) is 0.616. The fourth-order valence-corrected chi connectivity index (χ4v) is 3.50. The average Bonchev–Trinajstić information content (AvgIpc) is 2.67. The number of anilines is 1. The van der Waals surface area contributed by atoms with E-state index >= 15 is 0 Å². The number of piperazine rings is 1. The zero-order valence-corrected chi connectivity index (χ0v) is 14.9. The molecule has 25 heavy (non-hydrogen) atoms. The first kappa shape index (κ1) is 17.5. The number of hydrogen-bond acceptors (Lipinski definition) is 4. The van der Waals surface area contributed by atoms with Crippen molar-refractivity contribution in [2.24, 2.45) is 5.92 Å². The Morgan fingerprint density at radius 2 is 1.84 bits per heavy atom. The molecule has 2 saturated heterocycles. The summed E-state index contributed by atoms with van der Waals surface area (Å²) in [5, 5.41) is 3.07.